The summed E-state index contributed by atoms with van der Waals surface area (Å²) >= 11 is 0. The van der Waals surface area contributed by atoms with Gasteiger partial charge in [-0.15, -0.1) is 0 Å². The molecule has 3 aliphatic heterocycles. The maximum absolute atomic E-state index is 14.3. The average Bonchev–Trinajstić information content (AvgIpc) is 3.56. The van der Waals surface area contributed by atoms with Crippen LogP contribution in [0.25, 0.3) is 0 Å². The van der Waals surface area contributed by atoms with Crippen LogP contribution in [0.15, 0.2) is 66.7 Å². The van der Waals surface area contributed by atoms with E-state index in [-0.39, 0.29) is 23.8 Å². The van der Waals surface area contributed by atoms with Crippen LogP contribution < -0.4 is 15.4 Å². The lowest BCUT2D eigenvalue weighted by molar-refractivity contribution is -0.145. The Kier molecular flexibility index (Phi) is 7.36. The Labute approximate surface area is 241 Å². The number of rotatable bonds is 9. The third-order valence-electron chi connectivity index (χ3n) is 9.39. The van der Waals surface area contributed by atoms with Crippen LogP contribution in [0, 0.1) is 11.8 Å². The summed E-state index contributed by atoms with van der Waals surface area (Å²) < 4.78 is 11.9. The zero-order chi connectivity index (χ0) is 28.6. The SMILES string of the molecule is COc1ccc(CCN2C(=O)[C@@H]3[C@@H](C(=O)NC4CCCCC4)[C@@]4(C)C=C[C@@]3(O4)[C@@H]2C(=O)NCc2ccccc2)cc1. The fourth-order valence-electron chi connectivity index (χ4n) is 7.33. The Morgan fingerprint density at radius 3 is 2.41 bits per heavy atom. The van der Waals surface area contributed by atoms with Gasteiger partial charge in [0.25, 0.3) is 0 Å². The summed E-state index contributed by atoms with van der Waals surface area (Å²) in [6, 6.07) is 16.6. The molecule has 0 radical (unpaired) electrons. The van der Waals surface area contributed by atoms with Crippen molar-refractivity contribution in [3.05, 3.63) is 77.9 Å². The standard InChI is InChI=1S/C33H39N3O5/c1-32-18-19-33(41-32)27(26(32)29(37)35-24-11-7-4-8-12-24)31(39)36(20-17-22-13-15-25(40-2)16-14-22)28(33)30(38)34-21-23-9-5-3-6-10-23/h3,5-6,9-10,13-16,18-19,24,26-28H,4,7-8,11-12,17,20-21H2,1-2H3,(H,34,38)(H,35,37)/t26-,27-,28-,32+,33-/m0/s1. The molecule has 3 heterocycles. The van der Waals surface area contributed by atoms with Crippen LogP contribution in [0.3, 0.4) is 0 Å². The van der Waals surface area contributed by atoms with E-state index in [0.717, 1.165) is 42.6 Å². The van der Waals surface area contributed by atoms with Gasteiger partial charge >= 0.3 is 0 Å². The Morgan fingerprint density at radius 1 is 0.976 bits per heavy atom. The Morgan fingerprint density at radius 2 is 1.71 bits per heavy atom. The van der Waals surface area contributed by atoms with Gasteiger partial charge in [-0.05, 0) is 49.4 Å². The zero-order valence-corrected chi connectivity index (χ0v) is 23.8. The van der Waals surface area contributed by atoms with Gasteiger partial charge in [0.1, 0.15) is 17.4 Å². The van der Waals surface area contributed by atoms with Gasteiger partial charge in [0, 0.05) is 19.1 Å². The van der Waals surface area contributed by atoms with Gasteiger partial charge in [-0.2, -0.15) is 0 Å². The number of hydrogen-bond donors (Lipinski definition) is 2. The molecule has 41 heavy (non-hydrogen) atoms. The third-order valence-corrected chi connectivity index (χ3v) is 9.39. The summed E-state index contributed by atoms with van der Waals surface area (Å²) in [6.45, 7) is 2.54. The van der Waals surface area contributed by atoms with Crippen LogP contribution in [0.1, 0.15) is 50.2 Å². The number of benzene rings is 2. The number of fused-ring (bicyclic) bond motifs is 1. The molecule has 8 nitrogen and oxygen atoms in total. The van der Waals surface area contributed by atoms with Crippen LogP contribution in [0.5, 0.6) is 5.75 Å². The Balaban J connectivity index is 1.28. The molecule has 1 spiro atoms. The first kappa shape index (κ1) is 27.5. The highest BCUT2D eigenvalue weighted by atomic mass is 16.5. The van der Waals surface area contributed by atoms with E-state index in [2.05, 4.69) is 10.6 Å². The van der Waals surface area contributed by atoms with Gasteiger partial charge in [0.15, 0.2) is 0 Å². The van der Waals surface area contributed by atoms with Gasteiger partial charge in [-0.1, -0.05) is 73.9 Å². The van der Waals surface area contributed by atoms with E-state index < -0.39 is 29.1 Å². The molecule has 1 aliphatic carbocycles. The van der Waals surface area contributed by atoms with Crippen molar-refractivity contribution in [3.8, 4) is 5.75 Å². The normalized spacial score (nSPS) is 30.3. The number of methoxy groups -OCH3 is 1. The lowest BCUT2D eigenvalue weighted by Gasteiger charge is -2.33. The molecule has 0 unspecified atom stereocenters. The number of carbonyl (C=O) groups is 3. The number of carbonyl (C=O) groups excluding carboxylic acids is 3. The summed E-state index contributed by atoms with van der Waals surface area (Å²) in [7, 11) is 1.62. The minimum atomic E-state index is -1.19. The average molecular weight is 558 g/mol. The smallest absolute Gasteiger partial charge is 0.246 e. The van der Waals surface area contributed by atoms with Crippen LogP contribution in [-0.4, -0.2) is 59.6 Å². The van der Waals surface area contributed by atoms with E-state index >= 15 is 0 Å². The molecule has 2 saturated heterocycles. The number of nitrogens with one attached hydrogen (secondary N) is 2. The number of nitrogens with zero attached hydrogens (tertiary/aromatic N) is 1. The largest absolute Gasteiger partial charge is 0.497 e. The van der Waals surface area contributed by atoms with Crippen molar-refractivity contribution < 1.29 is 23.9 Å². The van der Waals surface area contributed by atoms with Crippen molar-refractivity contribution in [2.75, 3.05) is 13.7 Å². The second-order valence-corrected chi connectivity index (χ2v) is 12.0. The summed E-state index contributed by atoms with van der Waals surface area (Å²) in [5.74, 6) is -1.32. The van der Waals surface area contributed by atoms with Gasteiger partial charge < -0.3 is 25.0 Å². The summed E-state index contributed by atoms with van der Waals surface area (Å²) in [4.78, 5) is 43.7. The number of likely N-dealkylation sites (tertiary alicyclic amines) is 1. The first-order valence-electron chi connectivity index (χ1n) is 14.8. The van der Waals surface area contributed by atoms with Crippen LogP contribution in [0.2, 0.25) is 0 Å². The van der Waals surface area contributed by atoms with Crippen LogP contribution in [0.4, 0.5) is 0 Å². The van der Waals surface area contributed by atoms with E-state index in [9.17, 15) is 14.4 Å². The minimum Gasteiger partial charge on any atom is -0.497 e. The van der Waals surface area contributed by atoms with Crippen molar-refractivity contribution >= 4 is 17.7 Å². The molecule has 3 amide bonds. The molecular weight excluding hydrogens is 518 g/mol. The molecule has 5 atom stereocenters. The summed E-state index contributed by atoms with van der Waals surface area (Å²) in [5.41, 5.74) is -0.149. The van der Waals surface area contributed by atoms with E-state index in [0.29, 0.717) is 19.5 Å². The quantitative estimate of drug-likeness (QED) is 0.460. The van der Waals surface area contributed by atoms with Crippen molar-refractivity contribution in [2.24, 2.45) is 11.8 Å². The van der Waals surface area contributed by atoms with Gasteiger partial charge in [-0.3, -0.25) is 14.4 Å². The number of hydrogen-bond acceptors (Lipinski definition) is 5. The molecule has 3 fully saturated rings. The maximum Gasteiger partial charge on any atom is 0.246 e. The van der Waals surface area contributed by atoms with E-state index in [1.165, 1.54) is 6.42 Å². The van der Waals surface area contributed by atoms with E-state index in [1.54, 1.807) is 12.0 Å². The van der Waals surface area contributed by atoms with Crippen molar-refractivity contribution in [1.29, 1.82) is 0 Å². The molecule has 0 aromatic heterocycles. The number of amides is 3. The second kappa shape index (κ2) is 11.0. The lowest BCUT2D eigenvalue weighted by atomic mass is 9.70. The Hall–Kier alpha value is -3.65. The molecule has 4 aliphatic rings. The molecule has 2 bridgehead atoms. The molecule has 2 N–H and O–H groups in total. The topological polar surface area (TPSA) is 97.0 Å². The molecule has 8 heteroatoms. The lowest BCUT2D eigenvalue weighted by Crippen LogP contribution is -2.55. The second-order valence-electron chi connectivity index (χ2n) is 12.0. The fraction of sp³-hybridized carbons (Fsp3) is 0.485. The molecule has 6 rings (SSSR count). The van der Waals surface area contributed by atoms with Gasteiger partial charge in [-0.25, -0.2) is 0 Å². The predicted molar refractivity (Wildman–Crippen MR) is 154 cm³/mol. The first-order valence-corrected chi connectivity index (χ1v) is 14.8. The molecule has 216 valence electrons. The zero-order valence-electron chi connectivity index (χ0n) is 23.8. The summed E-state index contributed by atoms with van der Waals surface area (Å²) in [5, 5.41) is 6.29. The molecule has 2 aromatic carbocycles. The van der Waals surface area contributed by atoms with Gasteiger partial charge in [0.2, 0.25) is 17.7 Å². The summed E-state index contributed by atoms with van der Waals surface area (Å²) in [6.07, 6.45) is 9.61. The van der Waals surface area contributed by atoms with Gasteiger partial charge in [0.05, 0.1) is 24.5 Å². The molecule has 1 saturated carbocycles. The van der Waals surface area contributed by atoms with Crippen molar-refractivity contribution in [2.45, 2.75) is 75.3 Å². The number of ether oxygens (including phenoxy) is 2. The monoisotopic (exact) mass is 557 g/mol. The Bertz CT molecular complexity index is 1320. The third kappa shape index (κ3) is 4.92. The van der Waals surface area contributed by atoms with Crippen LogP contribution in [-0.2, 0) is 32.1 Å². The predicted octanol–water partition coefficient (Wildman–Crippen LogP) is 3.54. The molecular formula is C33H39N3O5. The van der Waals surface area contributed by atoms with Crippen molar-refractivity contribution in [1.82, 2.24) is 15.5 Å². The molecule has 2 aromatic rings. The van der Waals surface area contributed by atoms with Crippen molar-refractivity contribution in [3.63, 3.8) is 0 Å². The maximum atomic E-state index is 14.3. The highest BCUT2D eigenvalue weighted by Crippen LogP contribution is 2.59. The highest BCUT2D eigenvalue weighted by molar-refractivity contribution is 6.00. The van der Waals surface area contributed by atoms with E-state index in [4.69, 9.17) is 9.47 Å². The first-order chi connectivity index (χ1) is 19.8. The highest BCUT2D eigenvalue weighted by Gasteiger charge is 2.76. The van der Waals surface area contributed by atoms with Crippen LogP contribution >= 0.6 is 0 Å². The van der Waals surface area contributed by atoms with E-state index in [1.807, 2.05) is 73.7 Å². The fourth-order valence-corrected chi connectivity index (χ4v) is 7.33. The minimum absolute atomic E-state index is 0.117.